The molecule has 0 spiro atoms. The van der Waals surface area contributed by atoms with Crippen molar-refractivity contribution < 1.29 is 8.81 Å². The van der Waals surface area contributed by atoms with Crippen molar-refractivity contribution in [2.45, 2.75) is 20.3 Å². The van der Waals surface area contributed by atoms with Crippen LogP contribution in [0.3, 0.4) is 0 Å². The van der Waals surface area contributed by atoms with E-state index in [0.29, 0.717) is 5.92 Å². The van der Waals surface area contributed by atoms with Crippen molar-refractivity contribution >= 4 is 21.9 Å². The summed E-state index contributed by atoms with van der Waals surface area (Å²) in [6, 6.07) is 23.1. The van der Waals surface area contributed by atoms with Crippen LogP contribution in [0.15, 0.2) is 83.4 Å². The van der Waals surface area contributed by atoms with Crippen LogP contribution in [0.5, 0.6) is 0 Å². The Labute approximate surface area is 175 Å². The van der Waals surface area contributed by atoms with Gasteiger partial charge in [-0.25, -0.2) is 4.39 Å². The van der Waals surface area contributed by atoms with Gasteiger partial charge in [-0.15, -0.1) is 0 Å². The lowest BCUT2D eigenvalue weighted by Crippen LogP contribution is -1.95. The molecule has 0 saturated heterocycles. The third-order valence-electron chi connectivity index (χ3n) is 5.42. The summed E-state index contributed by atoms with van der Waals surface area (Å²) < 4.78 is 19.6. The van der Waals surface area contributed by atoms with Gasteiger partial charge >= 0.3 is 0 Å². The summed E-state index contributed by atoms with van der Waals surface area (Å²) in [7, 11) is 0. The highest BCUT2D eigenvalue weighted by molar-refractivity contribution is 6.10. The van der Waals surface area contributed by atoms with Crippen LogP contribution in [0, 0.1) is 11.7 Å². The first-order chi connectivity index (χ1) is 14.6. The minimum atomic E-state index is -0.236. The molecule has 3 aromatic carbocycles. The van der Waals surface area contributed by atoms with E-state index in [1.54, 1.807) is 12.1 Å². The molecule has 0 aliphatic carbocycles. The van der Waals surface area contributed by atoms with Crippen LogP contribution >= 0.6 is 0 Å². The van der Waals surface area contributed by atoms with Crippen molar-refractivity contribution in [1.82, 2.24) is 4.98 Å². The molecular formula is C27H22FNO. The number of nitrogens with zero attached hydrogens (tertiary/aromatic N) is 1. The lowest BCUT2D eigenvalue weighted by Gasteiger charge is -2.07. The second-order valence-corrected chi connectivity index (χ2v) is 8.15. The number of fused-ring (bicyclic) bond motifs is 3. The molecule has 0 aliphatic heterocycles. The van der Waals surface area contributed by atoms with Gasteiger partial charge in [0.05, 0.1) is 5.69 Å². The van der Waals surface area contributed by atoms with E-state index in [2.05, 4.69) is 61.3 Å². The zero-order valence-corrected chi connectivity index (χ0v) is 17.0. The maximum atomic E-state index is 13.3. The standard InChI is InChI=1S/C27H22FNO/c1-17(2)14-18-12-13-29-25(15-18)24-5-3-4-23-22-11-8-20(16-26(22)30-27(23)24)19-6-9-21(28)10-7-19/h3-13,15-17H,14H2,1-2H3. The predicted molar refractivity (Wildman–Crippen MR) is 121 cm³/mol. The fraction of sp³-hybridized carbons (Fsp3) is 0.148. The highest BCUT2D eigenvalue weighted by atomic mass is 19.1. The van der Waals surface area contributed by atoms with E-state index in [0.717, 1.165) is 50.7 Å². The Hall–Kier alpha value is -3.46. The van der Waals surface area contributed by atoms with Crippen molar-refractivity contribution in [1.29, 1.82) is 0 Å². The monoisotopic (exact) mass is 395 g/mol. The number of pyridine rings is 1. The smallest absolute Gasteiger partial charge is 0.144 e. The van der Waals surface area contributed by atoms with Crippen molar-refractivity contribution in [2.24, 2.45) is 5.92 Å². The molecule has 0 amide bonds. The fourth-order valence-corrected chi connectivity index (χ4v) is 4.04. The summed E-state index contributed by atoms with van der Waals surface area (Å²) in [5.41, 5.74) is 6.83. The summed E-state index contributed by atoms with van der Waals surface area (Å²) >= 11 is 0. The van der Waals surface area contributed by atoms with Crippen LogP contribution in [-0.2, 0) is 6.42 Å². The van der Waals surface area contributed by atoms with Crippen LogP contribution in [-0.4, -0.2) is 4.98 Å². The molecule has 2 nitrogen and oxygen atoms in total. The summed E-state index contributed by atoms with van der Waals surface area (Å²) in [5, 5.41) is 2.14. The minimum Gasteiger partial charge on any atom is -0.455 e. The minimum absolute atomic E-state index is 0.236. The largest absolute Gasteiger partial charge is 0.455 e. The molecule has 0 N–H and O–H groups in total. The van der Waals surface area contributed by atoms with Gasteiger partial charge in [0.2, 0.25) is 0 Å². The number of rotatable bonds is 4. The van der Waals surface area contributed by atoms with Gasteiger partial charge in [-0.2, -0.15) is 0 Å². The van der Waals surface area contributed by atoms with Gasteiger partial charge in [-0.05, 0) is 71.5 Å². The first kappa shape index (κ1) is 18.6. The van der Waals surface area contributed by atoms with Gasteiger partial charge in [-0.1, -0.05) is 44.2 Å². The Balaban J connectivity index is 1.64. The molecule has 2 heterocycles. The van der Waals surface area contributed by atoms with Gasteiger partial charge in [-0.3, -0.25) is 4.98 Å². The summed E-state index contributed by atoms with van der Waals surface area (Å²) in [5.74, 6) is 0.354. The van der Waals surface area contributed by atoms with Gasteiger partial charge in [0, 0.05) is 22.5 Å². The second kappa shape index (κ2) is 7.42. The average Bonchev–Trinajstić information content (AvgIpc) is 3.12. The first-order valence-corrected chi connectivity index (χ1v) is 10.2. The first-order valence-electron chi connectivity index (χ1n) is 10.2. The Kier molecular flexibility index (Phi) is 4.59. The van der Waals surface area contributed by atoms with E-state index in [1.165, 1.54) is 17.7 Å². The van der Waals surface area contributed by atoms with E-state index in [1.807, 2.05) is 12.3 Å². The Morgan fingerprint density at radius 3 is 2.47 bits per heavy atom. The molecule has 3 heteroatoms. The molecular weight excluding hydrogens is 373 g/mol. The van der Waals surface area contributed by atoms with E-state index in [4.69, 9.17) is 4.42 Å². The lowest BCUT2D eigenvalue weighted by molar-refractivity contribution is 0.628. The van der Waals surface area contributed by atoms with E-state index in [9.17, 15) is 4.39 Å². The topological polar surface area (TPSA) is 26.0 Å². The van der Waals surface area contributed by atoms with Crippen LogP contribution in [0.2, 0.25) is 0 Å². The number of hydrogen-bond acceptors (Lipinski definition) is 2. The molecule has 0 radical (unpaired) electrons. The molecule has 30 heavy (non-hydrogen) atoms. The molecule has 5 aromatic rings. The number of benzene rings is 3. The van der Waals surface area contributed by atoms with Gasteiger partial charge in [0.15, 0.2) is 0 Å². The molecule has 0 bridgehead atoms. The molecule has 0 atom stereocenters. The van der Waals surface area contributed by atoms with E-state index < -0.39 is 0 Å². The van der Waals surface area contributed by atoms with Crippen LogP contribution in [0.1, 0.15) is 19.4 Å². The van der Waals surface area contributed by atoms with E-state index in [-0.39, 0.29) is 5.82 Å². The molecule has 0 saturated carbocycles. The third kappa shape index (κ3) is 3.37. The van der Waals surface area contributed by atoms with Crippen LogP contribution in [0.4, 0.5) is 4.39 Å². The van der Waals surface area contributed by atoms with Crippen molar-refractivity contribution in [3.8, 4) is 22.4 Å². The van der Waals surface area contributed by atoms with Crippen LogP contribution in [0.25, 0.3) is 44.3 Å². The maximum Gasteiger partial charge on any atom is 0.144 e. The molecule has 2 aromatic heterocycles. The Morgan fingerprint density at radius 2 is 1.67 bits per heavy atom. The number of halogens is 1. The van der Waals surface area contributed by atoms with Gasteiger partial charge < -0.3 is 4.42 Å². The number of furan rings is 1. The van der Waals surface area contributed by atoms with Gasteiger partial charge in [0.1, 0.15) is 17.0 Å². The maximum absolute atomic E-state index is 13.3. The Bertz CT molecular complexity index is 1350. The Morgan fingerprint density at radius 1 is 0.867 bits per heavy atom. The highest BCUT2D eigenvalue weighted by Gasteiger charge is 2.14. The molecule has 0 unspecified atom stereocenters. The summed E-state index contributed by atoms with van der Waals surface area (Å²) in [6.07, 6.45) is 2.90. The normalized spacial score (nSPS) is 11.6. The lowest BCUT2D eigenvalue weighted by atomic mass is 10.00. The molecule has 5 rings (SSSR count). The number of para-hydroxylation sites is 1. The zero-order valence-electron chi connectivity index (χ0n) is 17.0. The van der Waals surface area contributed by atoms with Crippen molar-refractivity contribution in [2.75, 3.05) is 0 Å². The van der Waals surface area contributed by atoms with Gasteiger partial charge in [0.25, 0.3) is 0 Å². The second-order valence-electron chi connectivity index (χ2n) is 8.15. The van der Waals surface area contributed by atoms with Crippen LogP contribution < -0.4 is 0 Å². The number of aromatic nitrogens is 1. The highest BCUT2D eigenvalue weighted by Crippen LogP contribution is 2.37. The number of hydrogen-bond donors (Lipinski definition) is 0. The quantitative estimate of drug-likeness (QED) is 0.312. The molecule has 0 aliphatic rings. The fourth-order valence-electron chi connectivity index (χ4n) is 4.04. The summed E-state index contributed by atoms with van der Waals surface area (Å²) in [4.78, 5) is 4.62. The molecule has 0 fully saturated rings. The third-order valence-corrected chi connectivity index (χ3v) is 5.42. The van der Waals surface area contributed by atoms with E-state index >= 15 is 0 Å². The average molecular weight is 395 g/mol. The molecule has 148 valence electrons. The predicted octanol–water partition coefficient (Wildman–Crippen LogP) is 7.65. The van der Waals surface area contributed by atoms with Crippen molar-refractivity contribution in [3.05, 3.63) is 90.4 Å². The van der Waals surface area contributed by atoms with Crippen molar-refractivity contribution in [3.63, 3.8) is 0 Å². The summed E-state index contributed by atoms with van der Waals surface area (Å²) in [6.45, 7) is 4.44. The zero-order chi connectivity index (χ0) is 20.7. The SMILES string of the molecule is CC(C)Cc1ccnc(-c2cccc3c2oc2cc(-c4ccc(F)cc4)ccc23)c1.